The molecule has 2 rings (SSSR count). The van der Waals surface area contributed by atoms with Crippen molar-refractivity contribution < 1.29 is 4.74 Å². The highest BCUT2D eigenvalue weighted by molar-refractivity contribution is 5.11. The van der Waals surface area contributed by atoms with Crippen molar-refractivity contribution in [2.24, 2.45) is 5.41 Å². The zero-order valence-electron chi connectivity index (χ0n) is 13.7. The molecule has 112 valence electrons. The summed E-state index contributed by atoms with van der Waals surface area (Å²) in [6.07, 6.45) is 3.08. The molecule has 1 aromatic rings. The van der Waals surface area contributed by atoms with E-state index in [9.17, 15) is 0 Å². The number of aromatic nitrogens is 1. The molecule has 0 aromatic carbocycles. The van der Waals surface area contributed by atoms with Gasteiger partial charge in [0.05, 0.1) is 0 Å². The van der Waals surface area contributed by atoms with Gasteiger partial charge in [-0.2, -0.15) is 0 Å². The Kier molecular flexibility index (Phi) is 4.10. The van der Waals surface area contributed by atoms with E-state index in [0.717, 1.165) is 18.8 Å². The zero-order chi connectivity index (χ0) is 15.0. The Hall–Kier alpha value is -1.09. The van der Waals surface area contributed by atoms with E-state index in [0.29, 0.717) is 6.04 Å². The monoisotopic (exact) mass is 276 g/mol. The quantitative estimate of drug-likeness (QED) is 0.822. The minimum Gasteiger partial charge on any atom is -0.473 e. The molecule has 1 fully saturated rings. The van der Waals surface area contributed by atoms with Crippen LogP contribution in [0.2, 0.25) is 0 Å². The molecular formula is C17H28N2O. The number of likely N-dealkylation sites (tertiary alicyclic amines) is 1. The number of hydrogen-bond acceptors (Lipinski definition) is 3. The second kappa shape index (κ2) is 5.36. The van der Waals surface area contributed by atoms with Crippen molar-refractivity contribution >= 4 is 0 Å². The van der Waals surface area contributed by atoms with Gasteiger partial charge in [0.15, 0.2) is 0 Å². The lowest BCUT2D eigenvalue weighted by atomic mass is 9.83. The molecule has 1 aliphatic heterocycles. The minimum atomic E-state index is 0.167. The molecule has 0 aliphatic carbocycles. The largest absolute Gasteiger partial charge is 0.473 e. The van der Waals surface area contributed by atoms with Crippen LogP contribution in [0.25, 0.3) is 0 Å². The molecule has 0 amide bonds. The van der Waals surface area contributed by atoms with Crippen molar-refractivity contribution in [2.75, 3.05) is 6.54 Å². The van der Waals surface area contributed by atoms with Gasteiger partial charge in [-0.05, 0) is 32.3 Å². The molecule has 0 bridgehead atoms. The van der Waals surface area contributed by atoms with Crippen LogP contribution in [-0.2, 0) is 0 Å². The third-order valence-corrected chi connectivity index (χ3v) is 4.05. The Bertz CT molecular complexity index is 409. The van der Waals surface area contributed by atoms with Crippen LogP contribution < -0.4 is 4.74 Å². The van der Waals surface area contributed by atoms with Crippen molar-refractivity contribution in [1.82, 2.24) is 9.88 Å². The van der Waals surface area contributed by atoms with Crippen LogP contribution in [0.3, 0.4) is 0 Å². The number of hydrogen-bond donors (Lipinski definition) is 0. The molecule has 1 aromatic heterocycles. The fourth-order valence-electron chi connectivity index (χ4n) is 3.03. The summed E-state index contributed by atoms with van der Waals surface area (Å²) in [5.41, 5.74) is 0.426. The summed E-state index contributed by atoms with van der Waals surface area (Å²) in [4.78, 5) is 6.86. The van der Waals surface area contributed by atoms with Gasteiger partial charge in [-0.1, -0.05) is 26.8 Å². The first kappa shape index (κ1) is 15.3. The normalized spacial score (nSPS) is 24.9. The van der Waals surface area contributed by atoms with Gasteiger partial charge in [-0.25, -0.2) is 4.98 Å². The van der Waals surface area contributed by atoms with E-state index in [1.807, 2.05) is 18.2 Å². The molecule has 3 heteroatoms. The number of nitrogens with zero attached hydrogens (tertiary/aromatic N) is 2. The van der Waals surface area contributed by atoms with Crippen LogP contribution in [0.1, 0.15) is 48.0 Å². The first-order valence-electron chi connectivity index (χ1n) is 7.52. The van der Waals surface area contributed by atoms with E-state index in [2.05, 4.69) is 51.4 Å². The molecule has 1 saturated heterocycles. The van der Waals surface area contributed by atoms with Crippen LogP contribution in [0.4, 0.5) is 0 Å². The molecule has 20 heavy (non-hydrogen) atoms. The molecule has 0 saturated carbocycles. The standard InChI is InChI=1S/C17H28N2O/c1-16(2,3)14-11-13(12-19(14)17(4,5)6)20-15-9-7-8-10-18-15/h7-10,13-14H,11-12H2,1-6H3. The van der Waals surface area contributed by atoms with Crippen molar-refractivity contribution in [2.45, 2.75) is 65.6 Å². The lowest BCUT2D eigenvalue weighted by Gasteiger charge is -2.42. The Balaban J connectivity index is 2.12. The van der Waals surface area contributed by atoms with Gasteiger partial charge >= 0.3 is 0 Å². The van der Waals surface area contributed by atoms with Gasteiger partial charge in [0, 0.05) is 36.8 Å². The highest BCUT2D eigenvalue weighted by Gasteiger charge is 2.44. The Morgan fingerprint density at radius 2 is 1.85 bits per heavy atom. The summed E-state index contributed by atoms with van der Waals surface area (Å²) >= 11 is 0. The van der Waals surface area contributed by atoms with Crippen LogP contribution >= 0.6 is 0 Å². The third-order valence-electron chi connectivity index (χ3n) is 4.05. The van der Waals surface area contributed by atoms with Gasteiger partial charge in [0.2, 0.25) is 5.88 Å². The van der Waals surface area contributed by atoms with Gasteiger partial charge < -0.3 is 4.74 Å². The van der Waals surface area contributed by atoms with Crippen molar-refractivity contribution in [3.63, 3.8) is 0 Å². The van der Waals surface area contributed by atoms with E-state index in [1.165, 1.54) is 0 Å². The Morgan fingerprint density at radius 1 is 1.15 bits per heavy atom. The molecule has 1 aliphatic rings. The fourth-order valence-corrected chi connectivity index (χ4v) is 3.03. The first-order valence-corrected chi connectivity index (χ1v) is 7.52. The predicted molar refractivity (Wildman–Crippen MR) is 83.0 cm³/mol. The number of pyridine rings is 1. The maximum atomic E-state index is 6.07. The Labute approximate surface area is 123 Å². The van der Waals surface area contributed by atoms with Crippen molar-refractivity contribution in [3.05, 3.63) is 24.4 Å². The van der Waals surface area contributed by atoms with Gasteiger partial charge in [0.25, 0.3) is 0 Å². The summed E-state index contributed by atoms with van der Waals surface area (Å²) in [5.74, 6) is 0.737. The minimum absolute atomic E-state index is 0.167. The molecule has 2 heterocycles. The average Bonchev–Trinajstić information content (AvgIpc) is 2.74. The molecule has 0 spiro atoms. The summed E-state index contributed by atoms with van der Waals surface area (Å²) in [5, 5.41) is 0. The predicted octanol–water partition coefficient (Wildman–Crippen LogP) is 3.75. The highest BCUT2D eigenvalue weighted by atomic mass is 16.5. The second-order valence-electron chi connectivity index (χ2n) is 7.85. The van der Waals surface area contributed by atoms with E-state index in [4.69, 9.17) is 4.74 Å². The van der Waals surface area contributed by atoms with Crippen molar-refractivity contribution in [3.8, 4) is 5.88 Å². The van der Waals surface area contributed by atoms with Crippen LogP contribution in [0, 0.1) is 5.41 Å². The molecule has 2 unspecified atom stereocenters. The van der Waals surface area contributed by atoms with Crippen LogP contribution in [0.5, 0.6) is 5.88 Å². The smallest absolute Gasteiger partial charge is 0.213 e. The second-order valence-corrected chi connectivity index (χ2v) is 7.85. The molecule has 3 nitrogen and oxygen atoms in total. The van der Waals surface area contributed by atoms with E-state index in [-0.39, 0.29) is 17.1 Å². The average molecular weight is 276 g/mol. The summed E-state index contributed by atoms with van der Waals surface area (Å²) < 4.78 is 6.07. The molecular weight excluding hydrogens is 248 g/mol. The van der Waals surface area contributed by atoms with Gasteiger partial charge in [-0.3, -0.25) is 4.90 Å². The lowest BCUT2D eigenvalue weighted by molar-refractivity contribution is 0.0557. The van der Waals surface area contributed by atoms with Crippen LogP contribution in [0.15, 0.2) is 24.4 Å². The first-order chi connectivity index (χ1) is 9.18. The highest BCUT2D eigenvalue weighted by Crippen LogP contribution is 2.38. The zero-order valence-corrected chi connectivity index (χ0v) is 13.7. The van der Waals surface area contributed by atoms with Gasteiger partial charge in [0.1, 0.15) is 6.10 Å². The van der Waals surface area contributed by atoms with Crippen LogP contribution in [-0.4, -0.2) is 34.1 Å². The van der Waals surface area contributed by atoms with Gasteiger partial charge in [-0.15, -0.1) is 0 Å². The number of ether oxygens (including phenoxy) is 1. The molecule has 0 radical (unpaired) electrons. The molecule has 0 N–H and O–H groups in total. The van der Waals surface area contributed by atoms with Crippen molar-refractivity contribution in [1.29, 1.82) is 0 Å². The lowest BCUT2D eigenvalue weighted by Crippen LogP contribution is -2.49. The summed E-state index contributed by atoms with van der Waals surface area (Å²) in [7, 11) is 0. The maximum absolute atomic E-state index is 6.07. The van der Waals surface area contributed by atoms with E-state index < -0.39 is 0 Å². The topological polar surface area (TPSA) is 25.4 Å². The summed E-state index contributed by atoms with van der Waals surface area (Å²) in [6, 6.07) is 6.36. The fraction of sp³-hybridized carbons (Fsp3) is 0.706. The number of rotatable bonds is 2. The third kappa shape index (κ3) is 3.51. The van der Waals surface area contributed by atoms with E-state index >= 15 is 0 Å². The summed E-state index contributed by atoms with van der Waals surface area (Å²) in [6.45, 7) is 14.8. The Morgan fingerprint density at radius 3 is 2.30 bits per heavy atom. The SMILES string of the molecule is CC(C)(C)C1CC(Oc2ccccn2)CN1C(C)(C)C. The van der Waals surface area contributed by atoms with E-state index in [1.54, 1.807) is 6.20 Å². The maximum Gasteiger partial charge on any atom is 0.213 e. The molecule has 2 atom stereocenters.